The molecule has 1 aliphatic heterocycles. The molecule has 0 bridgehead atoms. The predicted octanol–water partition coefficient (Wildman–Crippen LogP) is 2.69. The van der Waals surface area contributed by atoms with Gasteiger partial charge in [-0.3, -0.25) is 4.98 Å². The summed E-state index contributed by atoms with van der Waals surface area (Å²) in [6.45, 7) is 0.878. The van der Waals surface area contributed by atoms with Crippen LogP contribution in [0.25, 0.3) is 10.4 Å². The van der Waals surface area contributed by atoms with Crippen molar-refractivity contribution in [2.24, 2.45) is 0 Å². The lowest BCUT2D eigenvalue weighted by Crippen LogP contribution is -2.30. The SMILES string of the molecule is O=C(O)NCC1OCCc2c(-c3cncs3)cccc21. The molecule has 1 atom stereocenters. The van der Waals surface area contributed by atoms with E-state index >= 15 is 0 Å². The van der Waals surface area contributed by atoms with Crippen LogP contribution < -0.4 is 5.32 Å². The largest absolute Gasteiger partial charge is 0.465 e. The highest BCUT2D eigenvalue weighted by molar-refractivity contribution is 7.13. The molecular formula is C14H14N2O3S. The van der Waals surface area contributed by atoms with Crippen LogP contribution in [0.3, 0.4) is 0 Å². The van der Waals surface area contributed by atoms with Gasteiger partial charge in [-0.2, -0.15) is 0 Å². The number of amides is 1. The molecule has 1 amide bonds. The van der Waals surface area contributed by atoms with Crippen molar-refractivity contribution in [3.63, 3.8) is 0 Å². The second kappa shape index (κ2) is 5.60. The third-order valence-corrected chi connectivity index (χ3v) is 4.17. The number of hydrogen-bond donors (Lipinski definition) is 2. The predicted molar refractivity (Wildman–Crippen MR) is 76.0 cm³/mol. The first-order valence-electron chi connectivity index (χ1n) is 6.35. The van der Waals surface area contributed by atoms with Crippen LogP contribution in [0.4, 0.5) is 4.79 Å². The van der Waals surface area contributed by atoms with Crippen LogP contribution in [-0.4, -0.2) is 29.3 Å². The zero-order chi connectivity index (χ0) is 13.9. The fourth-order valence-corrected chi connectivity index (χ4v) is 3.18. The van der Waals surface area contributed by atoms with E-state index in [1.165, 1.54) is 11.1 Å². The van der Waals surface area contributed by atoms with Crippen molar-refractivity contribution in [2.75, 3.05) is 13.2 Å². The van der Waals surface area contributed by atoms with Gasteiger partial charge in [0.05, 0.1) is 23.5 Å². The number of hydrogen-bond acceptors (Lipinski definition) is 4. The molecule has 2 N–H and O–H groups in total. The molecule has 20 heavy (non-hydrogen) atoms. The molecular weight excluding hydrogens is 276 g/mol. The van der Waals surface area contributed by atoms with Gasteiger partial charge in [0, 0.05) is 6.20 Å². The lowest BCUT2D eigenvalue weighted by atomic mass is 9.92. The van der Waals surface area contributed by atoms with Crippen LogP contribution >= 0.6 is 11.3 Å². The maximum Gasteiger partial charge on any atom is 0.404 e. The number of nitrogens with one attached hydrogen (secondary N) is 1. The first-order chi connectivity index (χ1) is 9.75. The highest BCUT2D eigenvalue weighted by atomic mass is 32.1. The van der Waals surface area contributed by atoms with Crippen LogP contribution in [0.1, 0.15) is 17.2 Å². The maximum absolute atomic E-state index is 10.6. The summed E-state index contributed by atoms with van der Waals surface area (Å²) in [5.41, 5.74) is 5.29. The average molecular weight is 290 g/mol. The second-order valence-corrected chi connectivity index (χ2v) is 5.42. The Kier molecular flexibility index (Phi) is 3.66. The molecule has 2 heterocycles. The van der Waals surface area contributed by atoms with Gasteiger partial charge < -0.3 is 15.2 Å². The smallest absolute Gasteiger partial charge is 0.404 e. The number of benzene rings is 1. The minimum absolute atomic E-state index is 0.220. The number of aromatic nitrogens is 1. The van der Waals surface area contributed by atoms with E-state index in [2.05, 4.69) is 16.4 Å². The molecule has 1 aliphatic rings. The van der Waals surface area contributed by atoms with Crippen LogP contribution in [0.5, 0.6) is 0 Å². The number of carboxylic acid groups (broad SMARTS) is 1. The highest BCUT2D eigenvalue weighted by Crippen LogP contribution is 2.35. The number of nitrogens with zero attached hydrogens (tertiary/aromatic N) is 1. The van der Waals surface area contributed by atoms with E-state index in [1.807, 2.05) is 23.8 Å². The van der Waals surface area contributed by atoms with Crippen molar-refractivity contribution in [1.29, 1.82) is 0 Å². The van der Waals surface area contributed by atoms with Gasteiger partial charge in [-0.1, -0.05) is 18.2 Å². The van der Waals surface area contributed by atoms with Gasteiger partial charge in [0.1, 0.15) is 6.10 Å². The Morgan fingerprint density at radius 3 is 3.20 bits per heavy atom. The van der Waals surface area contributed by atoms with Crippen molar-refractivity contribution in [3.05, 3.63) is 41.0 Å². The number of thiazole rings is 1. The van der Waals surface area contributed by atoms with Crippen LogP contribution in [0.15, 0.2) is 29.9 Å². The van der Waals surface area contributed by atoms with Crippen molar-refractivity contribution in [3.8, 4) is 10.4 Å². The van der Waals surface area contributed by atoms with Crippen molar-refractivity contribution in [1.82, 2.24) is 10.3 Å². The molecule has 0 spiro atoms. The van der Waals surface area contributed by atoms with Crippen molar-refractivity contribution >= 4 is 17.4 Å². The van der Waals surface area contributed by atoms with Gasteiger partial charge >= 0.3 is 6.09 Å². The summed E-state index contributed by atoms with van der Waals surface area (Å²) in [6.07, 6.45) is 1.45. The van der Waals surface area contributed by atoms with Crippen LogP contribution in [-0.2, 0) is 11.2 Å². The Hall–Kier alpha value is -1.92. The van der Waals surface area contributed by atoms with E-state index in [0.29, 0.717) is 6.61 Å². The lowest BCUT2D eigenvalue weighted by molar-refractivity contribution is 0.0428. The maximum atomic E-state index is 10.6. The monoisotopic (exact) mass is 290 g/mol. The molecule has 3 rings (SSSR count). The summed E-state index contributed by atoms with van der Waals surface area (Å²) >= 11 is 1.61. The molecule has 1 unspecified atom stereocenters. The Labute approximate surface area is 120 Å². The Morgan fingerprint density at radius 1 is 1.55 bits per heavy atom. The molecule has 5 nitrogen and oxygen atoms in total. The topological polar surface area (TPSA) is 71.5 Å². The molecule has 2 aromatic rings. The zero-order valence-corrected chi connectivity index (χ0v) is 11.5. The van der Waals surface area contributed by atoms with Gasteiger partial charge in [0.2, 0.25) is 0 Å². The molecule has 104 valence electrons. The van der Waals surface area contributed by atoms with Gasteiger partial charge in [-0.25, -0.2) is 4.79 Å². The number of ether oxygens (including phenoxy) is 1. The molecule has 0 radical (unpaired) electrons. The summed E-state index contributed by atoms with van der Waals surface area (Å²) in [6, 6.07) is 6.07. The number of carbonyl (C=O) groups is 1. The second-order valence-electron chi connectivity index (χ2n) is 4.53. The molecule has 0 aliphatic carbocycles. The van der Waals surface area contributed by atoms with Crippen LogP contribution in [0, 0.1) is 0 Å². The quantitative estimate of drug-likeness (QED) is 0.911. The zero-order valence-electron chi connectivity index (χ0n) is 10.7. The third-order valence-electron chi connectivity index (χ3n) is 3.37. The van der Waals surface area contributed by atoms with Crippen molar-refractivity contribution in [2.45, 2.75) is 12.5 Å². The number of fused-ring (bicyclic) bond motifs is 1. The van der Waals surface area contributed by atoms with E-state index in [0.717, 1.165) is 16.9 Å². The number of rotatable bonds is 3. The van der Waals surface area contributed by atoms with E-state index in [1.54, 1.807) is 11.3 Å². The van der Waals surface area contributed by atoms with Gasteiger partial charge in [-0.15, -0.1) is 11.3 Å². The minimum atomic E-state index is -1.03. The van der Waals surface area contributed by atoms with Crippen molar-refractivity contribution < 1.29 is 14.6 Å². The van der Waals surface area contributed by atoms with E-state index in [4.69, 9.17) is 9.84 Å². The van der Waals surface area contributed by atoms with Crippen LogP contribution in [0.2, 0.25) is 0 Å². The normalized spacial score (nSPS) is 17.5. The Bertz CT molecular complexity index is 613. The standard InChI is InChI=1S/C14H14N2O3S/c17-14(18)16-6-12-10-2-1-3-11(9(10)4-5-19-12)13-7-15-8-20-13/h1-3,7-8,12,16H,4-6H2,(H,17,18). The molecule has 1 aromatic heterocycles. The molecule has 1 aromatic carbocycles. The lowest BCUT2D eigenvalue weighted by Gasteiger charge is -2.27. The fourth-order valence-electron chi connectivity index (χ4n) is 2.51. The van der Waals surface area contributed by atoms with Gasteiger partial charge in [-0.05, 0) is 23.1 Å². The molecule has 6 heteroatoms. The summed E-state index contributed by atoms with van der Waals surface area (Å²) in [4.78, 5) is 15.9. The minimum Gasteiger partial charge on any atom is -0.465 e. The summed E-state index contributed by atoms with van der Waals surface area (Å²) in [7, 11) is 0. The van der Waals surface area contributed by atoms with Gasteiger partial charge in [0.15, 0.2) is 0 Å². The van der Waals surface area contributed by atoms with Gasteiger partial charge in [0.25, 0.3) is 0 Å². The first-order valence-corrected chi connectivity index (χ1v) is 7.22. The molecule has 0 saturated heterocycles. The Balaban J connectivity index is 1.94. The average Bonchev–Trinajstić information content (AvgIpc) is 2.98. The summed E-state index contributed by atoms with van der Waals surface area (Å²) < 4.78 is 5.69. The fraction of sp³-hybridized carbons (Fsp3) is 0.286. The summed E-state index contributed by atoms with van der Waals surface area (Å²) in [5.74, 6) is 0. The molecule has 0 fully saturated rings. The third kappa shape index (κ3) is 2.52. The Morgan fingerprint density at radius 2 is 2.45 bits per heavy atom. The van der Waals surface area contributed by atoms with E-state index < -0.39 is 6.09 Å². The summed E-state index contributed by atoms with van der Waals surface area (Å²) in [5, 5.41) is 11.1. The van der Waals surface area contributed by atoms with E-state index in [9.17, 15) is 4.79 Å². The first kappa shape index (κ1) is 13.1. The van der Waals surface area contributed by atoms with E-state index in [-0.39, 0.29) is 12.6 Å². The highest BCUT2D eigenvalue weighted by Gasteiger charge is 2.23. The molecule has 0 saturated carbocycles.